The summed E-state index contributed by atoms with van der Waals surface area (Å²) in [5, 5.41) is 4.03. The van der Waals surface area contributed by atoms with Crippen molar-refractivity contribution in [2.75, 3.05) is 0 Å². The largest absolute Gasteiger partial charge is 0.464 e. The third-order valence-corrected chi connectivity index (χ3v) is 5.07. The van der Waals surface area contributed by atoms with E-state index in [1.165, 1.54) is 0 Å². The molecule has 2 N–H and O–H groups in total. The summed E-state index contributed by atoms with van der Waals surface area (Å²) >= 11 is 0. The predicted molar refractivity (Wildman–Crippen MR) is 106 cm³/mol. The number of rotatable bonds is 3. The first kappa shape index (κ1) is 18.5. The van der Waals surface area contributed by atoms with Crippen LogP contribution in [0.1, 0.15) is 58.1 Å². The molecule has 0 aromatic carbocycles. The number of carbonyl (C=O) groups is 1. The maximum Gasteiger partial charge on any atom is 0.407 e. The van der Waals surface area contributed by atoms with E-state index in [2.05, 4.69) is 20.3 Å². The van der Waals surface area contributed by atoms with E-state index in [-0.39, 0.29) is 18.1 Å². The Morgan fingerprint density at radius 2 is 2.18 bits per heavy atom. The average Bonchev–Trinajstić information content (AvgIpc) is 3.29. The third kappa shape index (κ3) is 3.88. The van der Waals surface area contributed by atoms with E-state index in [0.717, 1.165) is 53.7 Å². The van der Waals surface area contributed by atoms with Crippen molar-refractivity contribution < 1.29 is 13.9 Å². The second-order valence-electron chi connectivity index (χ2n) is 8.37. The molecule has 4 rings (SSSR count). The second kappa shape index (κ2) is 7.30. The highest BCUT2D eigenvalue weighted by molar-refractivity contribution is 5.94. The van der Waals surface area contributed by atoms with Crippen LogP contribution in [0.25, 0.3) is 22.4 Å². The number of furan rings is 1. The van der Waals surface area contributed by atoms with Gasteiger partial charge in [0.05, 0.1) is 17.3 Å². The van der Waals surface area contributed by atoms with Crippen molar-refractivity contribution in [1.82, 2.24) is 20.3 Å². The minimum atomic E-state index is -0.500. The number of aromatic amines is 1. The zero-order valence-electron chi connectivity index (χ0n) is 16.5. The summed E-state index contributed by atoms with van der Waals surface area (Å²) in [5.41, 5.74) is 2.28. The van der Waals surface area contributed by atoms with Crippen LogP contribution < -0.4 is 5.32 Å². The van der Waals surface area contributed by atoms with Gasteiger partial charge in [-0.05, 0) is 52.2 Å². The number of aromatic nitrogens is 3. The first-order chi connectivity index (χ1) is 13.4. The summed E-state index contributed by atoms with van der Waals surface area (Å²) in [6.07, 6.45) is 8.66. The molecule has 0 spiro atoms. The van der Waals surface area contributed by atoms with Gasteiger partial charge in [-0.1, -0.05) is 6.42 Å². The van der Waals surface area contributed by atoms with Crippen LogP contribution in [0.3, 0.4) is 0 Å². The van der Waals surface area contributed by atoms with Gasteiger partial charge in [0.2, 0.25) is 0 Å². The van der Waals surface area contributed by atoms with E-state index in [1.54, 1.807) is 12.6 Å². The topological polar surface area (TPSA) is 93.0 Å². The van der Waals surface area contributed by atoms with E-state index in [1.807, 2.05) is 39.1 Å². The minimum absolute atomic E-state index is 0.0737. The van der Waals surface area contributed by atoms with Crippen LogP contribution >= 0.6 is 0 Å². The van der Waals surface area contributed by atoms with Crippen LogP contribution in [0.5, 0.6) is 0 Å². The lowest BCUT2D eigenvalue weighted by atomic mass is 9.82. The highest BCUT2D eigenvalue weighted by atomic mass is 16.6. The monoisotopic (exact) mass is 382 g/mol. The highest BCUT2D eigenvalue weighted by Gasteiger charge is 2.29. The average molecular weight is 382 g/mol. The number of fused-ring (bicyclic) bond motifs is 1. The van der Waals surface area contributed by atoms with Crippen molar-refractivity contribution >= 4 is 17.1 Å². The number of H-pyrrole nitrogens is 1. The predicted octanol–water partition coefficient (Wildman–Crippen LogP) is 4.77. The number of alkyl carbamates (subject to hydrolysis) is 1. The Bertz CT molecular complexity index is 956. The molecule has 3 aromatic heterocycles. The van der Waals surface area contributed by atoms with Gasteiger partial charge < -0.3 is 19.5 Å². The Labute approximate surface area is 163 Å². The first-order valence-electron chi connectivity index (χ1n) is 9.76. The van der Waals surface area contributed by atoms with Crippen molar-refractivity contribution in [2.45, 2.75) is 64.0 Å². The lowest BCUT2D eigenvalue weighted by Crippen LogP contribution is -2.41. The standard InChI is InChI=1S/C21H26N4O3/c1-21(2,3)28-20(26)25-14-7-4-6-13(10-14)18-17-15(16-8-5-9-27-16)11-22-19(17)24-12-23-18/h5,8-9,11-14H,4,6-7,10H2,1-3H3,(H,25,26)(H,22,23,24)/t13-,14+/m1/s1. The molecule has 1 saturated carbocycles. The zero-order valence-corrected chi connectivity index (χ0v) is 16.5. The SMILES string of the molecule is CC(C)(C)OC(=O)N[C@H]1CCC[C@@H](c2ncnc3[nH]cc(-c4ccco4)c23)C1. The van der Waals surface area contributed by atoms with Gasteiger partial charge in [-0.2, -0.15) is 0 Å². The van der Waals surface area contributed by atoms with Gasteiger partial charge in [0, 0.05) is 23.7 Å². The molecular formula is C21H26N4O3. The summed E-state index contributed by atoms with van der Waals surface area (Å²) < 4.78 is 11.0. The summed E-state index contributed by atoms with van der Waals surface area (Å²) in [7, 11) is 0. The summed E-state index contributed by atoms with van der Waals surface area (Å²) in [4.78, 5) is 24.4. The molecule has 0 radical (unpaired) electrons. The summed E-state index contributed by atoms with van der Waals surface area (Å²) in [5.74, 6) is 1.03. The second-order valence-corrected chi connectivity index (χ2v) is 8.37. The Kier molecular flexibility index (Phi) is 4.83. The molecule has 148 valence electrons. The number of amides is 1. The molecule has 7 heteroatoms. The number of nitrogens with one attached hydrogen (secondary N) is 2. The van der Waals surface area contributed by atoms with Crippen LogP contribution in [0.2, 0.25) is 0 Å². The molecule has 1 aliphatic carbocycles. The van der Waals surface area contributed by atoms with Crippen molar-refractivity contribution in [3.05, 3.63) is 36.6 Å². The van der Waals surface area contributed by atoms with E-state index in [0.29, 0.717) is 0 Å². The van der Waals surface area contributed by atoms with Gasteiger partial charge in [-0.15, -0.1) is 0 Å². The van der Waals surface area contributed by atoms with Crippen LogP contribution in [0.15, 0.2) is 35.3 Å². The number of hydrogen-bond donors (Lipinski definition) is 2. The van der Waals surface area contributed by atoms with Gasteiger partial charge in [0.1, 0.15) is 23.3 Å². The number of nitrogens with zero attached hydrogens (tertiary/aromatic N) is 2. The molecule has 1 amide bonds. The Morgan fingerprint density at radius 3 is 2.93 bits per heavy atom. The van der Waals surface area contributed by atoms with Crippen LogP contribution in [-0.2, 0) is 4.74 Å². The number of ether oxygens (including phenoxy) is 1. The molecule has 1 aliphatic rings. The third-order valence-electron chi connectivity index (χ3n) is 5.07. The van der Waals surface area contributed by atoms with Crippen LogP contribution in [0.4, 0.5) is 4.79 Å². The Hall–Kier alpha value is -2.83. The van der Waals surface area contributed by atoms with Crippen molar-refractivity contribution in [3.8, 4) is 11.3 Å². The summed E-state index contributed by atoms with van der Waals surface area (Å²) in [6.45, 7) is 5.61. The molecule has 0 saturated heterocycles. The van der Waals surface area contributed by atoms with E-state index in [4.69, 9.17) is 9.15 Å². The lowest BCUT2D eigenvalue weighted by molar-refractivity contribution is 0.0490. The molecular weight excluding hydrogens is 356 g/mol. The van der Waals surface area contributed by atoms with Gasteiger partial charge in [-0.3, -0.25) is 0 Å². The lowest BCUT2D eigenvalue weighted by Gasteiger charge is -2.30. The Balaban J connectivity index is 1.58. The smallest absolute Gasteiger partial charge is 0.407 e. The molecule has 7 nitrogen and oxygen atoms in total. The fourth-order valence-electron chi connectivity index (χ4n) is 3.97. The van der Waals surface area contributed by atoms with E-state index in [9.17, 15) is 4.79 Å². The first-order valence-corrected chi connectivity index (χ1v) is 9.76. The fraction of sp³-hybridized carbons (Fsp3) is 0.476. The van der Waals surface area contributed by atoms with Crippen LogP contribution in [-0.4, -0.2) is 32.7 Å². The van der Waals surface area contributed by atoms with Gasteiger partial charge in [0.25, 0.3) is 0 Å². The molecule has 2 atom stereocenters. The Morgan fingerprint density at radius 1 is 1.32 bits per heavy atom. The fourth-order valence-corrected chi connectivity index (χ4v) is 3.97. The molecule has 0 aliphatic heterocycles. The molecule has 3 heterocycles. The van der Waals surface area contributed by atoms with Crippen LogP contribution in [0, 0.1) is 0 Å². The van der Waals surface area contributed by atoms with Crippen molar-refractivity contribution in [1.29, 1.82) is 0 Å². The zero-order chi connectivity index (χ0) is 19.7. The normalized spacial score (nSPS) is 20.2. The molecule has 28 heavy (non-hydrogen) atoms. The van der Waals surface area contributed by atoms with Gasteiger partial charge in [0.15, 0.2) is 0 Å². The van der Waals surface area contributed by atoms with E-state index < -0.39 is 5.60 Å². The number of carbonyl (C=O) groups excluding carboxylic acids is 1. The molecule has 0 unspecified atom stereocenters. The maximum absolute atomic E-state index is 12.2. The molecule has 3 aromatic rings. The van der Waals surface area contributed by atoms with Gasteiger partial charge >= 0.3 is 6.09 Å². The van der Waals surface area contributed by atoms with Gasteiger partial charge in [-0.25, -0.2) is 14.8 Å². The highest BCUT2D eigenvalue weighted by Crippen LogP contribution is 2.38. The number of hydrogen-bond acceptors (Lipinski definition) is 5. The minimum Gasteiger partial charge on any atom is -0.464 e. The maximum atomic E-state index is 12.2. The quantitative estimate of drug-likeness (QED) is 0.681. The molecule has 1 fully saturated rings. The van der Waals surface area contributed by atoms with E-state index >= 15 is 0 Å². The summed E-state index contributed by atoms with van der Waals surface area (Å²) in [6, 6.07) is 3.89. The van der Waals surface area contributed by atoms with Crippen molar-refractivity contribution in [2.24, 2.45) is 0 Å². The molecule has 0 bridgehead atoms. The van der Waals surface area contributed by atoms with Crippen molar-refractivity contribution in [3.63, 3.8) is 0 Å².